The molecule has 0 fully saturated rings. The minimum atomic E-state index is -1.03. The molecule has 6 rings (SSSR count). The van der Waals surface area contributed by atoms with Gasteiger partial charge in [0.15, 0.2) is 11.6 Å². The van der Waals surface area contributed by atoms with Gasteiger partial charge in [0, 0.05) is 70.9 Å². The number of benzene rings is 4. The number of aromatic nitrogens is 2. The largest absolute Gasteiger partial charge is 0.343 e. The SMILES string of the molecule is Cn1c2ccccc2c2cccc(C(=O)C(C)(C)N(CCN)C(C)(C)C(=O)c3cccc4c5ccccc5n(C)c34)c21. The second-order valence-corrected chi connectivity index (χ2v) is 12.3. The highest BCUT2D eigenvalue weighted by atomic mass is 16.1. The van der Waals surface area contributed by atoms with E-state index in [0.717, 1.165) is 43.6 Å². The number of ketones is 2. The van der Waals surface area contributed by atoms with Gasteiger partial charge in [-0.25, -0.2) is 0 Å². The Balaban J connectivity index is 1.47. The van der Waals surface area contributed by atoms with E-state index in [4.69, 9.17) is 5.73 Å². The summed E-state index contributed by atoms with van der Waals surface area (Å²) in [4.78, 5) is 31.2. The summed E-state index contributed by atoms with van der Waals surface area (Å²) >= 11 is 0. The van der Waals surface area contributed by atoms with E-state index in [0.29, 0.717) is 24.2 Å². The molecule has 42 heavy (non-hydrogen) atoms. The number of nitrogens with zero attached hydrogens (tertiary/aromatic N) is 3. The van der Waals surface area contributed by atoms with Gasteiger partial charge in [0.1, 0.15) is 0 Å². The number of fused-ring (bicyclic) bond motifs is 6. The molecule has 0 unspecified atom stereocenters. The Morgan fingerprint density at radius 2 is 1.00 bits per heavy atom. The van der Waals surface area contributed by atoms with E-state index in [9.17, 15) is 9.59 Å². The highest BCUT2D eigenvalue weighted by molar-refractivity contribution is 6.20. The highest BCUT2D eigenvalue weighted by Gasteiger charge is 2.47. The molecule has 0 saturated carbocycles. The van der Waals surface area contributed by atoms with E-state index in [2.05, 4.69) is 45.5 Å². The minimum absolute atomic E-state index is 0.0452. The van der Waals surface area contributed by atoms with Crippen LogP contribution in [0.3, 0.4) is 0 Å². The standard InChI is InChI=1S/C36H38N4O2/c1-35(2,33(41)27-17-11-15-25-23-13-7-9-19-29(23)38(5)31(25)27)40(22-21-37)36(3,4)34(42)28-18-12-16-26-24-14-8-10-20-30(24)39(6)32(26)28/h7-20H,21-22,37H2,1-6H3. The average Bonchev–Trinajstić information content (AvgIpc) is 3.46. The van der Waals surface area contributed by atoms with Crippen molar-refractivity contribution >= 4 is 55.2 Å². The van der Waals surface area contributed by atoms with Crippen LogP contribution >= 0.6 is 0 Å². The maximum absolute atomic E-state index is 14.6. The Bertz CT molecular complexity index is 1880. The Kier molecular flexibility index (Phi) is 6.59. The lowest BCUT2D eigenvalue weighted by Crippen LogP contribution is -2.63. The molecule has 0 aliphatic carbocycles. The molecule has 2 aromatic heterocycles. The van der Waals surface area contributed by atoms with Gasteiger partial charge >= 0.3 is 0 Å². The predicted octanol–water partition coefficient (Wildman–Crippen LogP) is 6.86. The molecule has 0 aliphatic rings. The van der Waals surface area contributed by atoms with Crippen LogP contribution < -0.4 is 5.73 Å². The van der Waals surface area contributed by atoms with Crippen molar-refractivity contribution in [2.24, 2.45) is 19.8 Å². The molecule has 0 amide bonds. The third-order valence-corrected chi connectivity index (χ3v) is 9.16. The molecule has 6 heteroatoms. The fourth-order valence-corrected chi connectivity index (χ4v) is 7.13. The summed E-state index contributed by atoms with van der Waals surface area (Å²) in [7, 11) is 4.01. The molecular formula is C36H38N4O2. The maximum atomic E-state index is 14.6. The van der Waals surface area contributed by atoms with Gasteiger partial charge in [0.25, 0.3) is 0 Å². The minimum Gasteiger partial charge on any atom is -0.343 e. The molecule has 6 nitrogen and oxygen atoms in total. The Labute approximate surface area is 246 Å². The number of carbonyl (C=O) groups excluding carboxylic acids is 2. The molecule has 2 N–H and O–H groups in total. The Morgan fingerprint density at radius 3 is 1.40 bits per heavy atom. The van der Waals surface area contributed by atoms with Gasteiger partial charge in [-0.2, -0.15) is 0 Å². The van der Waals surface area contributed by atoms with Crippen LogP contribution in [-0.4, -0.2) is 49.8 Å². The first-order valence-corrected chi connectivity index (χ1v) is 14.5. The van der Waals surface area contributed by atoms with Crippen molar-refractivity contribution < 1.29 is 9.59 Å². The fraction of sp³-hybridized carbons (Fsp3) is 0.278. The topological polar surface area (TPSA) is 73.3 Å². The monoisotopic (exact) mass is 558 g/mol. The van der Waals surface area contributed by atoms with Crippen molar-refractivity contribution in [3.63, 3.8) is 0 Å². The Morgan fingerprint density at radius 1 is 0.619 bits per heavy atom. The van der Waals surface area contributed by atoms with Gasteiger partial charge in [-0.3, -0.25) is 14.5 Å². The van der Waals surface area contributed by atoms with Crippen LogP contribution in [0.25, 0.3) is 43.6 Å². The van der Waals surface area contributed by atoms with Crippen LogP contribution in [-0.2, 0) is 14.1 Å². The van der Waals surface area contributed by atoms with Crippen LogP contribution in [0, 0.1) is 0 Å². The van der Waals surface area contributed by atoms with Crippen LogP contribution in [0.1, 0.15) is 48.4 Å². The lowest BCUT2D eigenvalue weighted by molar-refractivity contribution is 0.0211. The van der Waals surface area contributed by atoms with Crippen LogP contribution in [0.4, 0.5) is 0 Å². The molecule has 6 aromatic rings. The smallest absolute Gasteiger partial charge is 0.184 e. The lowest BCUT2D eigenvalue weighted by Gasteiger charge is -2.47. The molecular weight excluding hydrogens is 520 g/mol. The normalized spacial score (nSPS) is 12.8. The summed E-state index contributed by atoms with van der Waals surface area (Å²) in [5, 5.41) is 4.30. The van der Waals surface area contributed by atoms with Gasteiger partial charge in [0.2, 0.25) is 0 Å². The average molecular weight is 559 g/mol. The number of Topliss-reactive ketones (excluding diaryl/α,β-unsaturated/α-hetero) is 2. The number of hydrogen-bond acceptors (Lipinski definition) is 4. The summed E-state index contributed by atoms with van der Waals surface area (Å²) in [6.07, 6.45) is 0. The number of aryl methyl sites for hydroxylation is 2. The van der Waals surface area contributed by atoms with Crippen LogP contribution in [0.2, 0.25) is 0 Å². The van der Waals surface area contributed by atoms with E-state index in [1.807, 2.05) is 95.2 Å². The van der Waals surface area contributed by atoms with E-state index in [-0.39, 0.29) is 11.6 Å². The Hall–Kier alpha value is -4.26. The number of nitrogens with two attached hydrogens (primary N) is 1. The molecule has 0 spiro atoms. The molecule has 0 saturated heterocycles. The second kappa shape index (κ2) is 9.93. The number of hydrogen-bond donors (Lipinski definition) is 1. The quantitative estimate of drug-likeness (QED) is 0.207. The third kappa shape index (κ3) is 3.93. The number of carbonyl (C=O) groups is 2. The zero-order valence-electron chi connectivity index (χ0n) is 25.2. The van der Waals surface area contributed by atoms with E-state index < -0.39 is 11.1 Å². The fourth-order valence-electron chi connectivity index (χ4n) is 7.13. The zero-order chi connectivity index (χ0) is 30.0. The first-order valence-electron chi connectivity index (χ1n) is 14.5. The summed E-state index contributed by atoms with van der Waals surface area (Å²) in [6, 6.07) is 28.2. The van der Waals surface area contributed by atoms with E-state index in [1.54, 1.807) is 0 Å². The van der Waals surface area contributed by atoms with Crippen molar-refractivity contribution in [1.82, 2.24) is 14.0 Å². The molecule has 2 heterocycles. The number of para-hydroxylation sites is 4. The molecule has 0 radical (unpaired) electrons. The lowest BCUT2D eigenvalue weighted by atomic mass is 9.82. The summed E-state index contributed by atoms with van der Waals surface area (Å²) < 4.78 is 4.19. The molecule has 214 valence electrons. The van der Waals surface area contributed by atoms with Gasteiger partial charge in [-0.1, -0.05) is 60.7 Å². The van der Waals surface area contributed by atoms with Gasteiger partial charge in [0.05, 0.1) is 22.1 Å². The summed E-state index contributed by atoms with van der Waals surface area (Å²) in [5.74, 6) is -0.0905. The van der Waals surface area contributed by atoms with Crippen molar-refractivity contribution in [1.29, 1.82) is 0 Å². The first kappa shape index (κ1) is 27.9. The van der Waals surface area contributed by atoms with Crippen LogP contribution in [0.5, 0.6) is 0 Å². The molecule has 0 bridgehead atoms. The first-order chi connectivity index (χ1) is 20.0. The second-order valence-electron chi connectivity index (χ2n) is 12.3. The van der Waals surface area contributed by atoms with Gasteiger partial charge in [-0.05, 0) is 52.0 Å². The van der Waals surface area contributed by atoms with Crippen molar-refractivity contribution in [2.45, 2.75) is 38.8 Å². The zero-order valence-corrected chi connectivity index (χ0v) is 25.2. The molecule has 0 atom stereocenters. The summed E-state index contributed by atoms with van der Waals surface area (Å²) in [6.45, 7) is 8.35. The van der Waals surface area contributed by atoms with Crippen molar-refractivity contribution in [3.8, 4) is 0 Å². The molecule has 4 aromatic carbocycles. The van der Waals surface area contributed by atoms with E-state index in [1.165, 1.54) is 0 Å². The predicted molar refractivity (Wildman–Crippen MR) is 173 cm³/mol. The highest BCUT2D eigenvalue weighted by Crippen LogP contribution is 2.37. The molecule has 0 aliphatic heterocycles. The van der Waals surface area contributed by atoms with Crippen molar-refractivity contribution in [2.75, 3.05) is 13.1 Å². The van der Waals surface area contributed by atoms with Crippen LogP contribution in [0.15, 0.2) is 84.9 Å². The van der Waals surface area contributed by atoms with Crippen molar-refractivity contribution in [3.05, 3.63) is 96.1 Å². The summed E-state index contributed by atoms with van der Waals surface area (Å²) in [5.41, 5.74) is 9.31. The third-order valence-electron chi connectivity index (χ3n) is 9.16. The van der Waals surface area contributed by atoms with Gasteiger partial charge in [-0.15, -0.1) is 0 Å². The maximum Gasteiger partial charge on any atom is 0.184 e. The van der Waals surface area contributed by atoms with E-state index >= 15 is 0 Å². The van der Waals surface area contributed by atoms with Gasteiger partial charge < -0.3 is 14.9 Å². The number of rotatable bonds is 8.